The third-order valence-corrected chi connectivity index (χ3v) is 2.46. The lowest BCUT2D eigenvalue weighted by atomic mass is 9.98. The molecule has 3 N–H and O–H groups in total. The summed E-state index contributed by atoms with van der Waals surface area (Å²) in [5.41, 5.74) is 6.13. The Bertz CT molecular complexity index is 352. The molecule has 1 aliphatic heterocycles. The minimum Gasteiger partial charge on any atom is -0.396 e. The minimum atomic E-state index is -0.358. The molecule has 0 aromatic heterocycles. The summed E-state index contributed by atoms with van der Waals surface area (Å²) >= 11 is 4.05. The van der Waals surface area contributed by atoms with Crippen LogP contribution < -0.4 is 11.1 Å². The van der Waals surface area contributed by atoms with Crippen molar-refractivity contribution in [3.8, 4) is 0 Å². The number of hydrogen-bond acceptors (Lipinski definition) is 2. The van der Waals surface area contributed by atoms with Crippen molar-refractivity contribution in [1.29, 1.82) is 0 Å². The zero-order valence-corrected chi connectivity index (χ0v) is 9.57. The van der Waals surface area contributed by atoms with E-state index in [1.807, 2.05) is 0 Å². The number of benzene rings is 1. The van der Waals surface area contributed by atoms with Gasteiger partial charge < -0.3 is 11.1 Å². The first-order valence-corrected chi connectivity index (χ1v) is 5.47. The van der Waals surface area contributed by atoms with Crippen LogP contribution in [0.2, 0.25) is 0 Å². The van der Waals surface area contributed by atoms with Gasteiger partial charge in [0.15, 0.2) is 0 Å². The van der Waals surface area contributed by atoms with E-state index in [2.05, 4.69) is 23.3 Å². The number of hydrogen-bond donors (Lipinski definition) is 2. The summed E-state index contributed by atoms with van der Waals surface area (Å²) in [6.45, 7) is 1.64. The van der Waals surface area contributed by atoms with Crippen LogP contribution in [-0.2, 0) is 0 Å². The zero-order chi connectivity index (χ0) is 12.0. The number of nitrogens with two attached hydrogens (primary N) is 1. The normalized spacial score (nSPS) is 18.8. The van der Waals surface area contributed by atoms with Crippen molar-refractivity contribution < 1.29 is 8.78 Å². The molecule has 0 bridgehead atoms. The van der Waals surface area contributed by atoms with E-state index >= 15 is 0 Å². The Hall–Kier alpha value is -1.07. The molecule has 0 aliphatic carbocycles. The first kappa shape index (κ1) is 13.0. The van der Waals surface area contributed by atoms with Crippen molar-refractivity contribution in [1.82, 2.24) is 5.32 Å². The summed E-state index contributed by atoms with van der Waals surface area (Å²) < 4.78 is 26.0. The molecular weight excluding hydrogens is 230 g/mol. The third-order valence-electron chi connectivity index (χ3n) is 2.46. The Balaban J connectivity index is 0.000000386. The van der Waals surface area contributed by atoms with Gasteiger partial charge >= 0.3 is 0 Å². The highest BCUT2D eigenvalue weighted by molar-refractivity contribution is 7.78. The Labute approximate surface area is 98.8 Å². The minimum absolute atomic E-state index is 0.135. The van der Waals surface area contributed by atoms with Crippen molar-refractivity contribution in [2.45, 2.75) is 12.3 Å². The SMILES string of the molecule is Fc1ccc(F)c(C2CCNC2)c1.NC=S. The molecule has 0 radical (unpaired) electrons. The maximum Gasteiger partial charge on any atom is 0.126 e. The maximum absolute atomic E-state index is 13.2. The van der Waals surface area contributed by atoms with Crippen LogP contribution in [0.4, 0.5) is 8.78 Å². The van der Waals surface area contributed by atoms with Crippen LogP contribution in [0.1, 0.15) is 17.9 Å². The van der Waals surface area contributed by atoms with E-state index in [1.165, 1.54) is 12.1 Å². The standard InChI is InChI=1S/C10H11F2N.CH3NS/c11-8-1-2-10(12)9(5-8)7-3-4-13-6-7;2-1-3/h1-2,5,7,13H,3-4,6H2;1H,(H2,2,3). The summed E-state index contributed by atoms with van der Waals surface area (Å²) in [4.78, 5) is 0. The van der Waals surface area contributed by atoms with Crippen LogP contribution in [-0.4, -0.2) is 18.6 Å². The van der Waals surface area contributed by atoms with E-state index in [0.29, 0.717) is 5.56 Å². The van der Waals surface area contributed by atoms with Gasteiger partial charge in [0, 0.05) is 12.5 Å². The molecule has 1 saturated heterocycles. The molecule has 1 heterocycles. The van der Waals surface area contributed by atoms with Gasteiger partial charge in [-0.15, -0.1) is 0 Å². The lowest BCUT2D eigenvalue weighted by Gasteiger charge is -2.09. The monoisotopic (exact) mass is 244 g/mol. The van der Waals surface area contributed by atoms with E-state index in [0.717, 1.165) is 31.1 Å². The third kappa shape index (κ3) is 3.50. The maximum atomic E-state index is 13.2. The van der Waals surface area contributed by atoms with Crippen molar-refractivity contribution >= 4 is 17.7 Å². The van der Waals surface area contributed by atoms with Gasteiger partial charge in [0.25, 0.3) is 0 Å². The Morgan fingerprint density at radius 2 is 2.12 bits per heavy atom. The molecule has 0 saturated carbocycles. The van der Waals surface area contributed by atoms with E-state index in [-0.39, 0.29) is 17.6 Å². The number of rotatable bonds is 1. The molecule has 1 aliphatic rings. The van der Waals surface area contributed by atoms with Crippen LogP contribution in [0.5, 0.6) is 0 Å². The quantitative estimate of drug-likeness (QED) is 0.741. The molecule has 1 fully saturated rings. The predicted molar refractivity (Wildman–Crippen MR) is 64.4 cm³/mol. The fraction of sp³-hybridized carbons (Fsp3) is 0.364. The molecule has 1 aromatic rings. The molecule has 1 unspecified atom stereocenters. The Kier molecular flexibility index (Phi) is 5.28. The van der Waals surface area contributed by atoms with Crippen molar-refractivity contribution in [2.24, 2.45) is 5.73 Å². The lowest BCUT2D eigenvalue weighted by molar-refractivity contribution is 0.567. The van der Waals surface area contributed by atoms with Crippen LogP contribution in [0.15, 0.2) is 18.2 Å². The second kappa shape index (κ2) is 6.50. The topological polar surface area (TPSA) is 38.0 Å². The number of nitrogens with one attached hydrogen (secondary N) is 1. The van der Waals surface area contributed by atoms with Crippen LogP contribution in [0.25, 0.3) is 0 Å². The van der Waals surface area contributed by atoms with E-state index < -0.39 is 0 Å². The molecule has 1 aromatic carbocycles. The van der Waals surface area contributed by atoms with Gasteiger partial charge in [-0.2, -0.15) is 0 Å². The Morgan fingerprint density at radius 1 is 1.44 bits per heavy atom. The van der Waals surface area contributed by atoms with Crippen molar-refractivity contribution in [3.63, 3.8) is 0 Å². The molecule has 2 nitrogen and oxygen atoms in total. The molecule has 88 valence electrons. The van der Waals surface area contributed by atoms with Crippen LogP contribution in [0.3, 0.4) is 0 Å². The summed E-state index contributed by atoms with van der Waals surface area (Å²) in [7, 11) is 0. The summed E-state index contributed by atoms with van der Waals surface area (Å²) in [5, 5.41) is 3.13. The predicted octanol–water partition coefficient (Wildman–Crippen LogP) is 1.94. The second-order valence-electron chi connectivity index (χ2n) is 3.49. The average Bonchev–Trinajstić information content (AvgIpc) is 2.76. The zero-order valence-electron chi connectivity index (χ0n) is 8.75. The van der Waals surface area contributed by atoms with Gasteiger partial charge in [-0.25, -0.2) is 8.78 Å². The molecule has 0 spiro atoms. The molecule has 1 atom stereocenters. The summed E-state index contributed by atoms with van der Waals surface area (Å²) in [6.07, 6.45) is 0.889. The van der Waals surface area contributed by atoms with Gasteiger partial charge in [-0.1, -0.05) is 12.2 Å². The van der Waals surface area contributed by atoms with Crippen LogP contribution in [0, 0.1) is 11.6 Å². The van der Waals surface area contributed by atoms with Crippen molar-refractivity contribution in [3.05, 3.63) is 35.4 Å². The molecule has 5 heteroatoms. The molecule has 2 rings (SSSR count). The van der Waals surface area contributed by atoms with Gasteiger partial charge in [0.2, 0.25) is 0 Å². The second-order valence-corrected chi connectivity index (χ2v) is 3.76. The fourth-order valence-electron chi connectivity index (χ4n) is 1.75. The highest BCUT2D eigenvalue weighted by atomic mass is 32.1. The first-order valence-electron chi connectivity index (χ1n) is 5.00. The fourth-order valence-corrected chi connectivity index (χ4v) is 1.75. The van der Waals surface area contributed by atoms with Gasteiger partial charge in [0.1, 0.15) is 11.6 Å². The number of thiocarbonyl (C=S) groups is 1. The van der Waals surface area contributed by atoms with Gasteiger partial charge in [-0.05, 0) is 36.7 Å². The lowest BCUT2D eigenvalue weighted by Crippen LogP contribution is -2.09. The van der Waals surface area contributed by atoms with Gasteiger partial charge in [-0.3, -0.25) is 0 Å². The van der Waals surface area contributed by atoms with E-state index in [4.69, 9.17) is 0 Å². The van der Waals surface area contributed by atoms with E-state index in [9.17, 15) is 8.78 Å². The number of halogens is 2. The van der Waals surface area contributed by atoms with Crippen molar-refractivity contribution in [2.75, 3.05) is 13.1 Å². The molecule has 16 heavy (non-hydrogen) atoms. The average molecular weight is 244 g/mol. The molecule has 0 amide bonds. The highest BCUT2D eigenvalue weighted by Gasteiger charge is 2.20. The van der Waals surface area contributed by atoms with Crippen LogP contribution >= 0.6 is 12.2 Å². The first-order chi connectivity index (χ1) is 7.69. The van der Waals surface area contributed by atoms with E-state index in [1.54, 1.807) is 0 Å². The smallest absolute Gasteiger partial charge is 0.126 e. The molecular formula is C11H14F2N2S. The highest BCUT2D eigenvalue weighted by Crippen LogP contribution is 2.25. The summed E-state index contributed by atoms with van der Waals surface area (Å²) in [6, 6.07) is 3.65. The Morgan fingerprint density at radius 3 is 2.69 bits per heavy atom. The summed E-state index contributed by atoms with van der Waals surface area (Å²) in [5.74, 6) is -0.519. The van der Waals surface area contributed by atoms with Gasteiger partial charge in [0.05, 0.1) is 5.49 Å². The largest absolute Gasteiger partial charge is 0.396 e.